The quantitative estimate of drug-likeness (QED) is 0.681. The molecule has 2 aromatic carbocycles. The predicted octanol–water partition coefficient (Wildman–Crippen LogP) is 3.60. The predicted molar refractivity (Wildman–Crippen MR) is 113 cm³/mol. The topological polar surface area (TPSA) is 73.5 Å². The molecule has 3 unspecified atom stereocenters. The third-order valence-electron chi connectivity index (χ3n) is 5.93. The molecule has 3 N–H and O–H groups in total. The van der Waals surface area contributed by atoms with Crippen LogP contribution in [0.25, 0.3) is 0 Å². The Bertz CT molecular complexity index is 937. The number of halogens is 2. The molecule has 0 bridgehead atoms. The lowest BCUT2D eigenvalue weighted by Gasteiger charge is -2.41. The lowest BCUT2D eigenvalue weighted by Crippen LogP contribution is -2.65. The van der Waals surface area contributed by atoms with Crippen LogP contribution in [0.1, 0.15) is 31.2 Å². The molecule has 1 saturated heterocycles. The van der Waals surface area contributed by atoms with Crippen molar-refractivity contribution in [2.75, 3.05) is 11.9 Å². The van der Waals surface area contributed by atoms with Crippen molar-refractivity contribution in [2.24, 2.45) is 5.92 Å². The number of hydrogen-bond donors (Lipinski definition) is 3. The first-order valence-corrected chi connectivity index (χ1v) is 10.6. The minimum absolute atomic E-state index is 0.00435. The van der Waals surface area contributed by atoms with Gasteiger partial charge in [-0.1, -0.05) is 37.1 Å². The van der Waals surface area contributed by atoms with Crippen molar-refractivity contribution in [1.82, 2.24) is 15.5 Å². The van der Waals surface area contributed by atoms with Crippen molar-refractivity contribution in [2.45, 2.75) is 44.4 Å². The maximum absolute atomic E-state index is 14.0. The summed E-state index contributed by atoms with van der Waals surface area (Å²) in [7, 11) is 0. The van der Waals surface area contributed by atoms with Gasteiger partial charge in [0.25, 0.3) is 0 Å². The van der Waals surface area contributed by atoms with Gasteiger partial charge in [0, 0.05) is 12.6 Å². The number of para-hydroxylation sites is 1. The van der Waals surface area contributed by atoms with Gasteiger partial charge < -0.3 is 15.5 Å². The minimum Gasteiger partial charge on any atom is -0.339 e. The van der Waals surface area contributed by atoms with Gasteiger partial charge in [0.15, 0.2) is 0 Å². The molecular weight excluding hydrogens is 402 g/mol. The maximum atomic E-state index is 14.0. The monoisotopic (exact) mass is 428 g/mol. The fourth-order valence-corrected chi connectivity index (χ4v) is 4.33. The summed E-state index contributed by atoms with van der Waals surface area (Å²) in [6, 6.07) is 11.4. The second kappa shape index (κ2) is 9.43. The summed E-state index contributed by atoms with van der Waals surface area (Å²) < 4.78 is 27.3. The average molecular weight is 428 g/mol. The second-order valence-corrected chi connectivity index (χ2v) is 8.14. The molecule has 31 heavy (non-hydrogen) atoms. The molecule has 2 fully saturated rings. The largest absolute Gasteiger partial charge is 0.339 e. The molecule has 1 aliphatic carbocycles. The van der Waals surface area contributed by atoms with Crippen LogP contribution in [-0.4, -0.2) is 35.6 Å². The van der Waals surface area contributed by atoms with E-state index in [1.807, 2.05) is 0 Å². The number of nitrogens with one attached hydrogen (secondary N) is 3. The first kappa shape index (κ1) is 21.2. The molecule has 0 radical (unpaired) electrons. The Balaban J connectivity index is 1.50. The van der Waals surface area contributed by atoms with Crippen LogP contribution in [0.2, 0.25) is 0 Å². The van der Waals surface area contributed by atoms with Gasteiger partial charge in [-0.05, 0) is 42.7 Å². The lowest BCUT2D eigenvalue weighted by molar-refractivity contribution is -0.131. The third-order valence-corrected chi connectivity index (χ3v) is 5.93. The lowest BCUT2D eigenvalue weighted by atomic mass is 9.82. The van der Waals surface area contributed by atoms with Crippen LogP contribution in [0.5, 0.6) is 0 Å². The highest BCUT2D eigenvalue weighted by atomic mass is 19.1. The van der Waals surface area contributed by atoms with E-state index in [-0.39, 0.29) is 42.5 Å². The number of amides is 3. The van der Waals surface area contributed by atoms with Gasteiger partial charge in [0.2, 0.25) is 5.91 Å². The smallest absolute Gasteiger partial charge is 0.322 e. The minimum atomic E-state index is -0.535. The number of anilines is 1. The number of fused-ring (bicyclic) bond motifs is 1. The van der Waals surface area contributed by atoms with E-state index in [0.717, 1.165) is 31.2 Å². The molecule has 2 aliphatic rings. The molecule has 0 spiro atoms. The molecule has 1 aliphatic heterocycles. The van der Waals surface area contributed by atoms with Crippen LogP contribution >= 0.6 is 0 Å². The standard InChI is InChI=1S/C23H26F2N4O2/c24-16-11-9-15(10-12-16)13-29(23(31)27-20-8-4-2-6-18(20)25)14-21-26-19-7-3-1-5-17(19)22(30)28-21/h2,4,6,8-12,17,19,21,26H,1,3,5,7,13-14H2,(H,27,31)(H,28,30). The van der Waals surface area contributed by atoms with E-state index in [4.69, 9.17) is 0 Å². The van der Waals surface area contributed by atoms with Crippen molar-refractivity contribution in [1.29, 1.82) is 0 Å². The zero-order valence-corrected chi connectivity index (χ0v) is 17.1. The number of carbonyl (C=O) groups is 2. The number of benzene rings is 2. The molecule has 164 valence electrons. The number of hydrogen-bond acceptors (Lipinski definition) is 3. The molecule has 6 nitrogen and oxygen atoms in total. The Hall–Kier alpha value is -3.00. The Morgan fingerprint density at radius 3 is 2.58 bits per heavy atom. The summed E-state index contributed by atoms with van der Waals surface area (Å²) in [6.45, 7) is 0.370. The first-order chi connectivity index (χ1) is 15.0. The highest BCUT2D eigenvalue weighted by Gasteiger charge is 2.38. The Kier molecular flexibility index (Phi) is 6.46. The van der Waals surface area contributed by atoms with Gasteiger partial charge in [-0.2, -0.15) is 0 Å². The zero-order valence-electron chi connectivity index (χ0n) is 17.1. The third kappa shape index (κ3) is 5.19. The molecular formula is C23H26F2N4O2. The number of urea groups is 1. The average Bonchev–Trinajstić information content (AvgIpc) is 2.76. The first-order valence-electron chi connectivity index (χ1n) is 10.6. The Morgan fingerprint density at radius 2 is 1.81 bits per heavy atom. The maximum Gasteiger partial charge on any atom is 0.322 e. The van der Waals surface area contributed by atoms with E-state index in [9.17, 15) is 18.4 Å². The van der Waals surface area contributed by atoms with Crippen molar-refractivity contribution >= 4 is 17.6 Å². The molecule has 3 atom stereocenters. The van der Waals surface area contributed by atoms with Crippen LogP contribution in [-0.2, 0) is 11.3 Å². The van der Waals surface area contributed by atoms with Gasteiger partial charge >= 0.3 is 6.03 Å². The molecule has 2 aromatic rings. The molecule has 1 saturated carbocycles. The molecule has 8 heteroatoms. The van der Waals surface area contributed by atoms with E-state index in [2.05, 4.69) is 16.0 Å². The van der Waals surface area contributed by atoms with Crippen molar-refractivity contribution in [3.8, 4) is 0 Å². The second-order valence-electron chi connectivity index (χ2n) is 8.14. The summed E-state index contributed by atoms with van der Waals surface area (Å²) in [5.74, 6) is -0.935. The summed E-state index contributed by atoms with van der Waals surface area (Å²) in [4.78, 5) is 27.1. The SMILES string of the molecule is O=C1NC(CN(Cc2ccc(F)cc2)C(=O)Nc2ccccc2F)NC2CCCCC12. The van der Waals surface area contributed by atoms with Gasteiger partial charge in [0.05, 0.1) is 24.3 Å². The Morgan fingerprint density at radius 1 is 1.06 bits per heavy atom. The molecule has 1 heterocycles. The number of nitrogens with zero attached hydrogens (tertiary/aromatic N) is 1. The Labute approximate surface area is 180 Å². The summed E-state index contributed by atoms with van der Waals surface area (Å²) >= 11 is 0. The van der Waals surface area contributed by atoms with Crippen LogP contribution in [0.3, 0.4) is 0 Å². The van der Waals surface area contributed by atoms with Crippen LogP contribution in [0.4, 0.5) is 19.3 Å². The normalized spacial score (nSPS) is 22.9. The van der Waals surface area contributed by atoms with Gasteiger partial charge in [-0.25, -0.2) is 13.6 Å². The van der Waals surface area contributed by atoms with Gasteiger partial charge in [-0.15, -0.1) is 0 Å². The van der Waals surface area contributed by atoms with Gasteiger partial charge in [0.1, 0.15) is 11.6 Å². The molecule has 0 aromatic heterocycles. The summed E-state index contributed by atoms with van der Waals surface area (Å²) in [5, 5.41) is 9.02. The van der Waals surface area contributed by atoms with Crippen LogP contribution < -0.4 is 16.0 Å². The number of carbonyl (C=O) groups excluding carboxylic acids is 2. The number of rotatable bonds is 5. The van der Waals surface area contributed by atoms with E-state index in [0.29, 0.717) is 0 Å². The van der Waals surface area contributed by atoms with Crippen molar-refractivity contribution < 1.29 is 18.4 Å². The van der Waals surface area contributed by atoms with Crippen molar-refractivity contribution in [3.63, 3.8) is 0 Å². The van der Waals surface area contributed by atoms with E-state index < -0.39 is 18.0 Å². The zero-order chi connectivity index (χ0) is 21.8. The highest BCUT2D eigenvalue weighted by Crippen LogP contribution is 2.27. The van der Waals surface area contributed by atoms with Crippen molar-refractivity contribution in [3.05, 3.63) is 65.7 Å². The van der Waals surface area contributed by atoms with Crippen LogP contribution in [0.15, 0.2) is 48.5 Å². The highest BCUT2D eigenvalue weighted by molar-refractivity contribution is 5.89. The fourth-order valence-electron chi connectivity index (χ4n) is 4.33. The summed E-state index contributed by atoms with van der Waals surface area (Å²) in [5.41, 5.74) is 0.798. The fraction of sp³-hybridized carbons (Fsp3) is 0.391. The van der Waals surface area contributed by atoms with E-state index in [1.54, 1.807) is 24.3 Å². The summed E-state index contributed by atoms with van der Waals surface area (Å²) in [6.07, 6.45) is 3.49. The van der Waals surface area contributed by atoms with E-state index in [1.165, 1.54) is 29.2 Å². The van der Waals surface area contributed by atoms with E-state index >= 15 is 0 Å². The molecule has 4 rings (SSSR count). The van der Waals surface area contributed by atoms with Crippen LogP contribution in [0, 0.1) is 17.6 Å². The van der Waals surface area contributed by atoms with Gasteiger partial charge in [-0.3, -0.25) is 10.1 Å². The molecule has 3 amide bonds.